The first-order chi connectivity index (χ1) is 7.16. The van der Waals surface area contributed by atoms with Gasteiger partial charge in [0.05, 0.1) is 0 Å². The summed E-state index contributed by atoms with van der Waals surface area (Å²) >= 11 is 6.08. The van der Waals surface area contributed by atoms with Gasteiger partial charge in [-0.25, -0.2) is 0 Å². The van der Waals surface area contributed by atoms with Crippen molar-refractivity contribution in [3.05, 3.63) is 35.9 Å². The monoisotopic (exact) mass is 225 g/mol. The molecule has 2 unspecified atom stereocenters. The van der Waals surface area contributed by atoms with Crippen LogP contribution >= 0.6 is 11.6 Å². The average molecular weight is 226 g/mol. The molecule has 2 nitrogen and oxygen atoms in total. The van der Waals surface area contributed by atoms with Crippen LogP contribution in [0.2, 0.25) is 0 Å². The van der Waals surface area contributed by atoms with Crippen molar-refractivity contribution in [2.24, 2.45) is 0 Å². The number of hydrogen-bond acceptors (Lipinski definition) is 1. The molecule has 0 aliphatic rings. The Kier molecular flexibility index (Phi) is 4.63. The first-order valence-electron chi connectivity index (χ1n) is 5.13. The summed E-state index contributed by atoms with van der Waals surface area (Å²) < 4.78 is 0. The maximum Gasteiger partial charge on any atom is 0.238 e. The molecule has 0 aliphatic heterocycles. The topological polar surface area (TPSA) is 29.1 Å². The Morgan fingerprint density at radius 3 is 2.53 bits per heavy atom. The summed E-state index contributed by atoms with van der Waals surface area (Å²) in [5.41, 5.74) is 1.09. The standard InChI is InChI=1S/C12H16ClNO/c1-3-14-12(15)11(13)9(2)10-7-5-4-6-8-10/h4-9,11H,3H2,1-2H3,(H,14,15). The maximum atomic E-state index is 11.5. The number of halogens is 1. The molecule has 0 saturated carbocycles. The molecule has 15 heavy (non-hydrogen) atoms. The van der Waals surface area contributed by atoms with Gasteiger partial charge in [0.25, 0.3) is 0 Å². The molecular formula is C12H16ClNO. The van der Waals surface area contributed by atoms with Crippen molar-refractivity contribution >= 4 is 17.5 Å². The summed E-state index contributed by atoms with van der Waals surface area (Å²) in [6.07, 6.45) is 0. The van der Waals surface area contributed by atoms with Crippen LogP contribution in [0.25, 0.3) is 0 Å². The molecule has 1 rings (SSSR count). The molecule has 3 heteroatoms. The van der Waals surface area contributed by atoms with E-state index in [1.165, 1.54) is 0 Å². The van der Waals surface area contributed by atoms with E-state index in [4.69, 9.17) is 11.6 Å². The highest BCUT2D eigenvalue weighted by molar-refractivity contribution is 6.31. The van der Waals surface area contributed by atoms with Gasteiger partial charge in [-0.05, 0) is 12.5 Å². The van der Waals surface area contributed by atoms with E-state index < -0.39 is 5.38 Å². The largest absolute Gasteiger partial charge is 0.355 e. The van der Waals surface area contributed by atoms with Crippen LogP contribution in [0.3, 0.4) is 0 Å². The van der Waals surface area contributed by atoms with Crippen molar-refractivity contribution in [2.45, 2.75) is 25.1 Å². The SMILES string of the molecule is CCNC(=O)C(Cl)C(C)c1ccccc1. The zero-order valence-corrected chi connectivity index (χ0v) is 9.79. The Balaban J connectivity index is 2.68. The lowest BCUT2D eigenvalue weighted by atomic mass is 9.97. The highest BCUT2D eigenvalue weighted by atomic mass is 35.5. The molecule has 0 aromatic heterocycles. The fourth-order valence-corrected chi connectivity index (χ4v) is 1.65. The van der Waals surface area contributed by atoms with E-state index in [0.717, 1.165) is 5.56 Å². The predicted molar refractivity (Wildman–Crippen MR) is 63.2 cm³/mol. The first kappa shape index (κ1) is 12.1. The minimum atomic E-state index is -0.507. The van der Waals surface area contributed by atoms with Crippen molar-refractivity contribution in [1.29, 1.82) is 0 Å². The molecule has 1 N–H and O–H groups in total. The molecule has 2 atom stereocenters. The van der Waals surface area contributed by atoms with Crippen molar-refractivity contribution in [2.75, 3.05) is 6.54 Å². The van der Waals surface area contributed by atoms with Crippen LogP contribution in [0.15, 0.2) is 30.3 Å². The maximum absolute atomic E-state index is 11.5. The van der Waals surface area contributed by atoms with E-state index in [1.54, 1.807) is 0 Å². The van der Waals surface area contributed by atoms with Gasteiger partial charge in [0, 0.05) is 12.5 Å². The van der Waals surface area contributed by atoms with Crippen molar-refractivity contribution in [1.82, 2.24) is 5.32 Å². The van der Waals surface area contributed by atoms with Crippen LogP contribution in [0, 0.1) is 0 Å². The van der Waals surface area contributed by atoms with Gasteiger partial charge >= 0.3 is 0 Å². The summed E-state index contributed by atoms with van der Waals surface area (Å²) in [6, 6.07) is 9.82. The smallest absolute Gasteiger partial charge is 0.238 e. The second-order valence-electron chi connectivity index (χ2n) is 3.50. The number of nitrogens with one attached hydrogen (secondary N) is 1. The molecule has 0 aliphatic carbocycles. The molecule has 1 aromatic rings. The molecule has 82 valence electrons. The molecule has 1 amide bonds. The van der Waals surface area contributed by atoms with Crippen LogP contribution in [0.1, 0.15) is 25.3 Å². The Hall–Kier alpha value is -1.02. The van der Waals surface area contributed by atoms with Gasteiger partial charge in [-0.3, -0.25) is 4.79 Å². The van der Waals surface area contributed by atoms with Crippen LogP contribution in [-0.4, -0.2) is 17.8 Å². The average Bonchev–Trinajstić information content (AvgIpc) is 2.28. The highest BCUT2D eigenvalue weighted by Gasteiger charge is 2.22. The Morgan fingerprint density at radius 1 is 1.40 bits per heavy atom. The summed E-state index contributed by atoms with van der Waals surface area (Å²) in [7, 11) is 0. The molecule has 0 saturated heterocycles. The molecule has 0 heterocycles. The molecule has 0 bridgehead atoms. The third kappa shape index (κ3) is 3.24. The van der Waals surface area contributed by atoms with Crippen LogP contribution in [0.5, 0.6) is 0 Å². The number of alkyl halides is 1. The van der Waals surface area contributed by atoms with E-state index in [1.807, 2.05) is 44.2 Å². The van der Waals surface area contributed by atoms with Gasteiger partial charge in [-0.2, -0.15) is 0 Å². The summed E-state index contributed by atoms with van der Waals surface area (Å²) in [4.78, 5) is 11.5. The lowest BCUT2D eigenvalue weighted by molar-refractivity contribution is -0.120. The number of benzene rings is 1. The summed E-state index contributed by atoms with van der Waals surface area (Å²) in [6.45, 7) is 4.46. The summed E-state index contributed by atoms with van der Waals surface area (Å²) in [5.74, 6) is -0.0741. The zero-order chi connectivity index (χ0) is 11.3. The Bertz CT molecular complexity index is 313. The van der Waals surface area contributed by atoms with Gasteiger partial charge in [0.2, 0.25) is 5.91 Å². The molecule has 0 fully saturated rings. The third-order valence-corrected chi connectivity index (χ3v) is 2.94. The van der Waals surface area contributed by atoms with Gasteiger partial charge in [-0.1, -0.05) is 37.3 Å². The molecule has 1 aromatic carbocycles. The second kappa shape index (κ2) is 5.76. The number of rotatable bonds is 4. The van der Waals surface area contributed by atoms with E-state index in [0.29, 0.717) is 6.54 Å². The summed E-state index contributed by atoms with van der Waals surface area (Å²) in [5, 5.41) is 2.22. The van der Waals surface area contributed by atoms with E-state index in [2.05, 4.69) is 5.32 Å². The van der Waals surface area contributed by atoms with Gasteiger partial charge in [0.1, 0.15) is 5.38 Å². The molecule has 0 radical (unpaired) electrons. The number of carbonyl (C=O) groups excluding carboxylic acids is 1. The third-order valence-electron chi connectivity index (χ3n) is 2.37. The predicted octanol–water partition coefficient (Wildman–Crippen LogP) is 2.53. The van der Waals surface area contributed by atoms with Gasteiger partial charge in [-0.15, -0.1) is 11.6 Å². The van der Waals surface area contributed by atoms with E-state index >= 15 is 0 Å². The number of hydrogen-bond donors (Lipinski definition) is 1. The van der Waals surface area contributed by atoms with E-state index in [9.17, 15) is 4.79 Å². The highest BCUT2D eigenvalue weighted by Crippen LogP contribution is 2.22. The first-order valence-corrected chi connectivity index (χ1v) is 5.57. The zero-order valence-electron chi connectivity index (χ0n) is 9.03. The number of amides is 1. The fourth-order valence-electron chi connectivity index (χ4n) is 1.42. The quantitative estimate of drug-likeness (QED) is 0.784. The van der Waals surface area contributed by atoms with Crippen LogP contribution in [-0.2, 0) is 4.79 Å². The minimum absolute atomic E-state index is 0.0272. The van der Waals surface area contributed by atoms with Crippen molar-refractivity contribution in [3.8, 4) is 0 Å². The normalized spacial score (nSPS) is 14.3. The molecule has 0 spiro atoms. The Labute approximate surface area is 95.6 Å². The van der Waals surface area contributed by atoms with Gasteiger partial charge in [0.15, 0.2) is 0 Å². The van der Waals surface area contributed by atoms with Crippen molar-refractivity contribution in [3.63, 3.8) is 0 Å². The van der Waals surface area contributed by atoms with Gasteiger partial charge < -0.3 is 5.32 Å². The van der Waals surface area contributed by atoms with Crippen LogP contribution in [0.4, 0.5) is 0 Å². The molecular weight excluding hydrogens is 210 g/mol. The second-order valence-corrected chi connectivity index (χ2v) is 3.97. The lowest BCUT2D eigenvalue weighted by Crippen LogP contribution is -2.34. The fraction of sp³-hybridized carbons (Fsp3) is 0.417. The Morgan fingerprint density at radius 2 is 2.00 bits per heavy atom. The van der Waals surface area contributed by atoms with Crippen molar-refractivity contribution < 1.29 is 4.79 Å². The number of carbonyl (C=O) groups is 1. The van der Waals surface area contributed by atoms with E-state index in [-0.39, 0.29) is 11.8 Å². The lowest BCUT2D eigenvalue weighted by Gasteiger charge is -2.17. The van der Waals surface area contributed by atoms with Crippen LogP contribution < -0.4 is 5.32 Å². The minimum Gasteiger partial charge on any atom is -0.355 e.